The van der Waals surface area contributed by atoms with Gasteiger partial charge in [0.25, 0.3) is 0 Å². The minimum atomic E-state index is -0.183. The molecule has 1 aliphatic rings. The summed E-state index contributed by atoms with van der Waals surface area (Å²) >= 11 is 0. The number of hydrogen-bond donors (Lipinski definition) is 1. The molecule has 0 spiro atoms. The Morgan fingerprint density at radius 3 is 2.84 bits per heavy atom. The lowest BCUT2D eigenvalue weighted by Gasteiger charge is -2.26. The van der Waals surface area contributed by atoms with Crippen LogP contribution in [0.25, 0.3) is 0 Å². The molecular weight excluding hydrogens is 238 g/mol. The number of nitrogens with one attached hydrogen (secondary N) is 1. The first-order chi connectivity index (χ1) is 9.00. The largest absolute Gasteiger partial charge is 0.477 e. The summed E-state index contributed by atoms with van der Waals surface area (Å²) < 4.78 is 5.72. The van der Waals surface area contributed by atoms with Crippen molar-refractivity contribution in [3.05, 3.63) is 36.3 Å². The van der Waals surface area contributed by atoms with E-state index >= 15 is 0 Å². The molecule has 0 radical (unpaired) electrons. The summed E-state index contributed by atoms with van der Waals surface area (Å²) in [6.07, 6.45) is 6.72. The molecule has 1 aliphatic heterocycles. The normalized spacial score (nSPS) is 25.8. The summed E-state index contributed by atoms with van der Waals surface area (Å²) in [6, 6.07) is 0. The number of rotatable bonds is 6. The Bertz CT molecular complexity index is 360. The Hall–Kier alpha value is -1.22. The summed E-state index contributed by atoms with van der Waals surface area (Å²) in [6.45, 7) is 14.7. The van der Waals surface area contributed by atoms with Gasteiger partial charge in [-0.1, -0.05) is 25.2 Å². The van der Waals surface area contributed by atoms with E-state index in [4.69, 9.17) is 9.57 Å². The highest BCUT2D eigenvalue weighted by Crippen LogP contribution is 2.27. The molecule has 0 bridgehead atoms. The van der Waals surface area contributed by atoms with E-state index in [9.17, 15) is 0 Å². The maximum atomic E-state index is 5.86. The van der Waals surface area contributed by atoms with E-state index in [0.717, 1.165) is 37.7 Å². The topological polar surface area (TPSA) is 30.5 Å². The maximum Gasteiger partial charge on any atom is 0.214 e. The van der Waals surface area contributed by atoms with Crippen LogP contribution >= 0.6 is 0 Å². The van der Waals surface area contributed by atoms with Crippen molar-refractivity contribution < 1.29 is 9.57 Å². The minimum absolute atomic E-state index is 0.183. The van der Waals surface area contributed by atoms with Gasteiger partial charge in [-0.05, 0) is 39.5 Å². The monoisotopic (exact) mass is 265 g/mol. The molecule has 1 saturated heterocycles. The van der Waals surface area contributed by atoms with E-state index in [1.165, 1.54) is 5.57 Å². The molecule has 0 amide bonds. The van der Waals surface area contributed by atoms with Crippen LogP contribution in [-0.2, 0) is 9.57 Å². The summed E-state index contributed by atoms with van der Waals surface area (Å²) in [5, 5.41) is 0. The second-order valence-corrected chi connectivity index (χ2v) is 5.48. The molecule has 1 unspecified atom stereocenters. The van der Waals surface area contributed by atoms with E-state index in [-0.39, 0.29) is 5.60 Å². The zero-order valence-electron chi connectivity index (χ0n) is 12.6. The Labute approximate surface area is 117 Å². The number of hydrogen-bond acceptors (Lipinski definition) is 3. The van der Waals surface area contributed by atoms with Gasteiger partial charge in [-0.2, -0.15) is 0 Å². The molecule has 1 atom stereocenters. The highest BCUT2D eigenvalue weighted by molar-refractivity contribution is 5.18. The molecule has 1 rings (SSSR count). The zero-order chi connectivity index (χ0) is 14.3. The Morgan fingerprint density at radius 2 is 2.26 bits per heavy atom. The third kappa shape index (κ3) is 5.11. The van der Waals surface area contributed by atoms with Gasteiger partial charge >= 0.3 is 0 Å². The van der Waals surface area contributed by atoms with Gasteiger partial charge in [0.05, 0.1) is 12.2 Å². The molecule has 0 aromatic heterocycles. The average molecular weight is 265 g/mol. The minimum Gasteiger partial charge on any atom is -0.477 e. The highest BCUT2D eigenvalue weighted by atomic mass is 16.7. The fraction of sp³-hybridized carbons (Fsp3) is 0.625. The quantitative estimate of drug-likeness (QED) is 0.729. The van der Waals surface area contributed by atoms with Gasteiger partial charge in [-0.15, -0.1) is 6.58 Å². The van der Waals surface area contributed by atoms with Crippen molar-refractivity contribution in [2.24, 2.45) is 0 Å². The molecule has 1 fully saturated rings. The summed E-state index contributed by atoms with van der Waals surface area (Å²) in [4.78, 5) is 5.86. The van der Waals surface area contributed by atoms with Crippen LogP contribution < -0.4 is 5.48 Å². The van der Waals surface area contributed by atoms with E-state index in [0.29, 0.717) is 12.5 Å². The Morgan fingerprint density at radius 1 is 1.53 bits per heavy atom. The average Bonchev–Trinajstić information content (AvgIpc) is 2.54. The SMILES string of the molecule is C=CC(CC)=C1NOC(C)(CCCC(=C)C)CCO1. The van der Waals surface area contributed by atoms with Crippen molar-refractivity contribution in [3.8, 4) is 0 Å². The predicted molar refractivity (Wildman–Crippen MR) is 79.4 cm³/mol. The van der Waals surface area contributed by atoms with Crippen molar-refractivity contribution >= 4 is 0 Å². The van der Waals surface area contributed by atoms with Crippen molar-refractivity contribution in [2.75, 3.05) is 6.61 Å². The van der Waals surface area contributed by atoms with Crippen LogP contribution in [0.1, 0.15) is 52.9 Å². The first kappa shape index (κ1) is 15.8. The molecule has 3 heteroatoms. The maximum absolute atomic E-state index is 5.86. The van der Waals surface area contributed by atoms with Crippen LogP contribution in [0.2, 0.25) is 0 Å². The number of allylic oxidation sites excluding steroid dienone is 3. The molecule has 19 heavy (non-hydrogen) atoms. The zero-order valence-corrected chi connectivity index (χ0v) is 12.6. The predicted octanol–water partition coefficient (Wildman–Crippen LogP) is 4.24. The third-order valence-corrected chi connectivity index (χ3v) is 3.50. The molecule has 0 aromatic rings. The molecule has 0 saturated carbocycles. The van der Waals surface area contributed by atoms with Gasteiger partial charge in [0, 0.05) is 12.0 Å². The van der Waals surface area contributed by atoms with E-state index in [1.807, 2.05) is 6.08 Å². The lowest BCUT2D eigenvalue weighted by Crippen LogP contribution is -2.33. The van der Waals surface area contributed by atoms with Gasteiger partial charge in [0.2, 0.25) is 5.88 Å². The van der Waals surface area contributed by atoms with Gasteiger partial charge in [-0.25, -0.2) is 5.48 Å². The molecular formula is C16H27NO2. The molecule has 0 aliphatic carbocycles. The first-order valence-corrected chi connectivity index (χ1v) is 7.07. The molecule has 0 aromatic carbocycles. The second kappa shape index (κ2) is 7.39. The Kier molecular flexibility index (Phi) is 6.16. The standard InChI is InChI=1S/C16H27NO2/c1-6-14(7-2)15-17-19-16(5,11-12-18-15)10-8-9-13(3)4/h6,17H,1,3,7-12H2,2,4-5H3. The van der Waals surface area contributed by atoms with Crippen LogP contribution in [0.15, 0.2) is 36.3 Å². The van der Waals surface area contributed by atoms with Gasteiger partial charge in [0.15, 0.2) is 0 Å². The van der Waals surface area contributed by atoms with Gasteiger partial charge < -0.3 is 4.74 Å². The second-order valence-electron chi connectivity index (χ2n) is 5.48. The lowest BCUT2D eigenvalue weighted by molar-refractivity contribution is -0.0866. The summed E-state index contributed by atoms with van der Waals surface area (Å²) in [5.41, 5.74) is 5.06. The molecule has 1 N–H and O–H groups in total. The fourth-order valence-electron chi connectivity index (χ4n) is 2.12. The lowest BCUT2D eigenvalue weighted by atomic mass is 9.94. The number of ether oxygens (including phenoxy) is 1. The van der Waals surface area contributed by atoms with Crippen LogP contribution in [0, 0.1) is 0 Å². The summed E-state index contributed by atoms with van der Waals surface area (Å²) in [7, 11) is 0. The van der Waals surface area contributed by atoms with Gasteiger partial charge in [0.1, 0.15) is 0 Å². The smallest absolute Gasteiger partial charge is 0.214 e. The van der Waals surface area contributed by atoms with Crippen LogP contribution in [-0.4, -0.2) is 12.2 Å². The number of hydroxylamine groups is 1. The van der Waals surface area contributed by atoms with Crippen LogP contribution in [0.4, 0.5) is 0 Å². The Balaban J connectivity index is 2.59. The summed E-state index contributed by atoms with van der Waals surface area (Å²) in [5.74, 6) is 0.709. The van der Waals surface area contributed by atoms with Crippen molar-refractivity contribution in [2.45, 2.75) is 58.5 Å². The third-order valence-electron chi connectivity index (χ3n) is 3.50. The molecule has 3 nitrogen and oxygen atoms in total. The van der Waals surface area contributed by atoms with Crippen molar-refractivity contribution in [1.82, 2.24) is 5.48 Å². The van der Waals surface area contributed by atoms with Crippen molar-refractivity contribution in [3.63, 3.8) is 0 Å². The fourth-order valence-corrected chi connectivity index (χ4v) is 2.12. The first-order valence-electron chi connectivity index (χ1n) is 7.07. The highest BCUT2D eigenvalue weighted by Gasteiger charge is 2.29. The van der Waals surface area contributed by atoms with E-state index in [2.05, 4.69) is 39.4 Å². The van der Waals surface area contributed by atoms with Crippen molar-refractivity contribution in [1.29, 1.82) is 0 Å². The molecule has 108 valence electrons. The van der Waals surface area contributed by atoms with Crippen LogP contribution in [0.3, 0.4) is 0 Å². The van der Waals surface area contributed by atoms with Crippen LogP contribution in [0.5, 0.6) is 0 Å². The van der Waals surface area contributed by atoms with Gasteiger partial charge in [-0.3, -0.25) is 4.84 Å². The molecule has 1 heterocycles. The van der Waals surface area contributed by atoms with E-state index < -0.39 is 0 Å². The van der Waals surface area contributed by atoms with E-state index in [1.54, 1.807) is 0 Å².